The first-order chi connectivity index (χ1) is 7.86. The Balaban J connectivity index is 2.29. The Hall–Kier alpha value is -1.68. The van der Waals surface area contributed by atoms with Gasteiger partial charge < -0.3 is 0 Å². The lowest BCUT2D eigenvalue weighted by molar-refractivity contribution is 0.943. The van der Waals surface area contributed by atoms with E-state index in [0.717, 1.165) is 21.4 Å². The molecule has 0 aliphatic carbocycles. The zero-order chi connectivity index (χ0) is 11.0. The fourth-order valence-corrected chi connectivity index (χ4v) is 2.23. The summed E-state index contributed by atoms with van der Waals surface area (Å²) in [7, 11) is 0. The van der Waals surface area contributed by atoms with Crippen LogP contribution in [0.3, 0.4) is 0 Å². The largest absolute Gasteiger partial charge is 0.236 e. The average Bonchev–Trinajstić information content (AvgIpc) is 2.69. The van der Waals surface area contributed by atoms with E-state index < -0.39 is 0 Å². The standard InChI is InChI=1S/C12H8BrN3/c13-10-11(9-5-2-1-3-6-9)15-16-8-4-7-14-12(10)16/h1-8H. The van der Waals surface area contributed by atoms with Gasteiger partial charge in [0.05, 0.1) is 4.47 Å². The highest BCUT2D eigenvalue weighted by Gasteiger charge is 2.11. The maximum atomic E-state index is 4.49. The maximum Gasteiger partial charge on any atom is 0.169 e. The second-order valence-electron chi connectivity index (χ2n) is 3.42. The molecule has 0 saturated carbocycles. The molecular formula is C12H8BrN3. The highest BCUT2D eigenvalue weighted by Crippen LogP contribution is 2.29. The Morgan fingerprint density at radius 2 is 1.88 bits per heavy atom. The number of benzene rings is 1. The molecule has 3 nitrogen and oxygen atoms in total. The molecule has 2 heterocycles. The summed E-state index contributed by atoms with van der Waals surface area (Å²) in [5.74, 6) is 0. The van der Waals surface area contributed by atoms with Gasteiger partial charge in [0, 0.05) is 18.0 Å². The molecule has 0 aliphatic rings. The van der Waals surface area contributed by atoms with E-state index in [4.69, 9.17) is 0 Å². The van der Waals surface area contributed by atoms with Gasteiger partial charge in [-0.05, 0) is 22.0 Å². The van der Waals surface area contributed by atoms with Gasteiger partial charge in [0.25, 0.3) is 0 Å². The van der Waals surface area contributed by atoms with Crippen LogP contribution in [-0.2, 0) is 0 Å². The molecule has 3 rings (SSSR count). The number of nitrogens with zero attached hydrogens (tertiary/aromatic N) is 3. The first kappa shape index (κ1) is 9.54. The molecule has 16 heavy (non-hydrogen) atoms. The molecular weight excluding hydrogens is 266 g/mol. The summed E-state index contributed by atoms with van der Waals surface area (Å²) in [5, 5.41) is 4.49. The summed E-state index contributed by atoms with van der Waals surface area (Å²) in [6.07, 6.45) is 3.65. The third-order valence-corrected chi connectivity index (χ3v) is 3.12. The number of hydrogen-bond donors (Lipinski definition) is 0. The van der Waals surface area contributed by atoms with Gasteiger partial charge >= 0.3 is 0 Å². The minimum atomic E-state index is 0.835. The zero-order valence-corrected chi connectivity index (χ0v) is 9.92. The molecule has 0 bridgehead atoms. The normalized spacial score (nSPS) is 10.8. The summed E-state index contributed by atoms with van der Waals surface area (Å²) in [6.45, 7) is 0. The van der Waals surface area contributed by atoms with Crippen LogP contribution in [0.25, 0.3) is 16.9 Å². The van der Waals surface area contributed by atoms with E-state index in [-0.39, 0.29) is 0 Å². The van der Waals surface area contributed by atoms with E-state index in [2.05, 4.69) is 26.0 Å². The molecule has 0 amide bonds. The van der Waals surface area contributed by atoms with Crippen LogP contribution in [0.15, 0.2) is 53.3 Å². The van der Waals surface area contributed by atoms with Crippen molar-refractivity contribution in [1.82, 2.24) is 14.6 Å². The third-order valence-electron chi connectivity index (χ3n) is 2.39. The minimum absolute atomic E-state index is 0.835. The van der Waals surface area contributed by atoms with Crippen molar-refractivity contribution in [1.29, 1.82) is 0 Å². The number of aromatic nitrogens is 3. The van der Waals surface area contributed by atoms with Crippen LogP contribution in [0, 0.1) is 0 Å². The van der Waals surface area contributed by atoms with Crippen LogP contribution in [0.1, 0.15) is 0 Å². The van der Waals surface area contributed by atoms with Crippen molar-refractivity contribution < 1.29 is 0 Å². The topological polar surface area (TPSA) is 30.2 Å². The van der Waals surface area contributed by atoms with Crippen LogP contribution in [0.4, 0.5) is 0 Å². The second-order valence-corrected chi connectivity index (χ2v) is 4.21. The number of hydrogen-bond acceptors (Lipinski definition) is 2. The highest BCUT2D eigenvalue weighted by molar-refractivity contribution is 9.10. The van der Waals surface area contributed by atoms with Gasteiger partial charge in [0.1, 0.15) is 5.69 Å². The molecule has 0 spiro atoms. The lowest BCUT2D eigenvalue weighted by atomic mass is 10.2. The SMILES string of the molecule is Brc1c(-c2ccccc2)nn2cccnc12. The van der Waals surface area contributed by atoms with E-state index in [1.165, 1.54) is 0 Å². The Morgan fingerprint density at radius 3 is 2.62 bits per heavy atom. The molecule has 0 saturated heterocycles. The fraction of sp³-hybridized carbons (Fsp3) is 0. The van der Waals surface area contributed by atoms with Crippen molar-refractivity contribution in [3.05, 3.63) is 53.3 Å². The average molecular weight is 274 g/mol. The molecule has 0 atom stereocenters. The van der Waals surface area contributed by atoms with Crippen molar-refractivity contribution in [2.24, 2.45) is 0 Å². The molecule has 2 aromatic heterocycles. The van der Waals surface area contributed by atoms with Gasteiger partial charge in [-0.3, -0.25) is 0 Å². The van der Waals surface area contributed by atoms with Crippen LogP contribution in [-0.4, -0.2) is 14.6 Å². The van der Waals surface area contributed by atoms with E-state index in [0.29, 0.717) is 0 Å². The second kappa shape index (κ2) is 3.72. The first-order valence-electron chi connectivity index (χ1n) is 4.90. The molecule has 78 valence electrons. The van der Waals surface area contributed by atoms with Gasteiger partial charge in [-0.2, -0.15) is 5.10 Å². The Labute approximate surface area is 101 Å². The van der Waals surface area contributed by atoms with Crippen LogP contribution < -0.4 is 0 Å². The van der Waals surface area contributed by atoms with Crippen LogP contribution >= 0.6 is 15.9 Å². The predicted octanol–water partition coefficient (Wildman–Crippen LogP) is 3.16. The molecule has 0 radical (unpaired) electrons. The van der Waals surface area contributed by atoms with Gasteiger partial charge in [-0.15, -0.1) is 0 Å². The molecule has 4 heteroatoms. The Bertz CT molecular complexity index is 631. The van der Waals surface area contributed by atoms with E-state index >= 15 is 0 Å². The Morgan fingerprint density at radius 1 is 1.06 bits per heavy atom. The molecule has 1 aromatic carbocycles. The van der Waals surface area contributed by atoms with Crippen molar-refractivity contribution in [3.8, 4) is 11.3 Å². The molecule has 0 N–H and O–H groups in total. The molecule has 3 aromatic rings. The van der Waals surface area contributed by atoms with Crippen LogP contribution in [0.2, 0.25) is 0 Å². The summed E-state index contributed by atoms with van der Waals surface area (Å²) < 4.78 is 2.70. The van der Waals surface area contributed by atoms with E-state index in [1.807, 2.05) is 42.6 Å². The fourth-order valence-electron chi connectivity index (χ4n) is 1.64. The minimum Gasteiger partial charge on any atom is -0.236 e. The van der Waals surface area contributed by atoms with Crippen LogP contribution in [0.5, 0.6) is 0 Å². The van der Waals surface area contributed by atoms with Gasteiger partial charge in [0.2, 0.25) is 0 Å². The predicted molar refractivity (Wildman–Crippen MR) is 66.1 cm³/mol. The number of halogens is 1. The first-order valence-corrected chi connectivity index (χ1v) is 5.70. The highest BCUT2D eigenvalue weighted by atomic mass is 79.9. The molecule has 0 fully saturated rings. The van der Waals surface area contributed by atoms with Gasteiger partial charge in [-0.25, -0.2) is 9.50 Å². The maximum absolute atomic E-state index is 4.49. The summed E-state index contributed by atoms with van der Waals surface area (Å²) in [5.41, 5.74) is 2.83. The summed E-state index contributed by atoms with van der Waals surface area (Å²) in [4.78, 5) is 4.28. The lowest BCUT2D eigenvalue weighted by Gasteiger charge is -1.94. The quantitative estimate of drug-likeness (QED) is 0.682. The van der Waals surface area contributed by atoms with E-state index in [1.54, 1.807) is 10.7 Å². The number of fused-ring (bicyclic) bond motifs is 1. The van der Waals surface area contributed by atoms with Crippen molar-refractivity contribution >= 4 is 21.6 Å². The number of rotatable bonds is 1. The van der Waals surface area contributed by atoms with E-state index in [9.17, 15) is 0 Å². The van der Waals surface area contributed by atoms with Gasteiger partial charge in [-0.1, -0.05) is 30.3 Å². The summed E-state index contributed by atoms with van der Waals surface area (Å²) >= 11 is 3.54. The Kier molecular flexibility index (Phi) is 2.22. The van der Waals surface area contributed by atoms with Crippen molar-refractivity contribution in [3.63, 3.8) is 0 Å². The molecule has 0 aliphatic heterocycles. The zero-order valence-electron chi connectivity index (χ0n) is 8.34. The smallest absolute Gasteiger partial charge is 0.169 e. The molecule has 0 unspecified atom stereocenters. The third kappa shape index (κ3) is 1.42. The lowest BCUT2D eigenvalue weighted by Crippen LogP contribution is -1.87. The van der Waals surface area contributed by atoms with Crippen molar-refractivity contribution in [2.45, 2.75) is 0 Å². The summed E-state index contributed by atoms with van der Waals surface area (Å²) in [6, 6.07) is 11.9. The van der Waals surface area contributed by atoms with Crippen molar-refractivity contribution in [2.75, 3.05) is 0 Å². The monoisotopic (exact) mass is 273 g/mol. The van der Waals surface area contributed by atoms with Gasteiger partial charge in [0.15, 0.2) is 5.65 Å².